The van der Waals surface area contributed by atoms with E-state index in [2.05, 4.69) is 0 Å². The molecule has 0 bridgehead atoms. The summed E-state index contributed by atoms with van der Waals surface area (Å²) >= 11 is 0. The van der Waals surface area contributed by atoms with Crippen LogP contribution < -0.4 is 0 Å². The van der Waals surface area contributed by atoms with Gasteiger partial charge in [0.1, 0.15) is 5.82 Å². The molecule has 148 valence electrons. The smallest absolute Gasteiger partial charge is 0.227 e. The SMILES string of the molecule is Cc1c(CC(=O)N2CC[C@H](O)C2)c2c(n1Cc1ccccc1F)CCCC2=O. The maximum Gasteiger partial charge on any atom is 0.227 e. The number of ketones is 1. The van der Waals surface area contributed by atoms with Gasteiger partial charge in [0.05, 0.1) is 19.1 Å². The van der Waals surface area contributed by atoms with Crippen LogP contribution in [0.2, 0.25) is 0 Å². The normalized spacial score (nSPS) is 19.2. The highest BCUT2D eigenvalue weighted by molar-refractivity contribution is 6.01. The number of fused-ring (bicyclic) bond motifs is 1. The number of likely N-dealkylation sites (tertiary alicyclic amines) is 1. The van der Waals surface area contributed by atoms with Crippen LogP contribution in [0, 0.1) is 12.7 Å². The molecule has 1 aromatic carbocycles. The highest BCUT2D eigenvalue weighted by atomic mass is 19.1. The topological polar surface area (TPSA) is 62.5 Å². The maximum absolute atomic E-state index is 14.2. The van der Waals surface area contributed by atoms with Crippen molar-refractivity contribution >= 4 is 11.7 Å². The van der Waals surface area contributed by atoms with Crippen LogP contribution in [0.15, 0.2) is 24.3 Å². The van der Waals surface area contributed by atoms with Crippen LogP contribution in [0.4, 0.5) is 4.39 Å². The van der Waals surface area contributed by atoms with Crippen molar-refractivity contribution in [1.82, 2.24) is 9.47 Å². The summed E-state index contributed by atoms with van der Waals surface area (Å²) < 4.78 is 16.2. The Balaban J connectivity index is 1.70. The number of carbonyl (C=O) groups is 2. The molecule has 28 heavy (non-hydrogen) atoms. The summed E-state index contributed by atoms with van der Waals surface area (Å²) in [5, 5.41) is 9.71. The van der Waals surface area contributed by atoms with Crippen molar-refractivity contribution in [3.8, 4) is 0 Å². The van der Waals surface area contributed by atoms with Crippen molar-refractivity contribution in [3.05, 3.63) is 58.2 Å². The molecule has 1 atom stereocenters. The average Bonchev–Trinajstić information content (AvgIpc) is 3.21. The van der Waals surface area contributed by atoms with E-state index in [4.69, 9.17) is 0 Å². The van der Waals surface area contributed by atoms with Gasteiger partial charge in [-0.1, -0.05) is 18.2 Å². The van der Waals surface area contributed by atoms with Crippen LogP contribution in [0.25, 0.3) is 0 Å². The minimum absolute atomic E-state index is 0.0659. The summed E-state index contributed by atoms with van der Waals surface area (Å²) in [5.41, 5.74) is 3.77. The molecule has 1 amide bonds. The van der Waals surface area contributed by atoms with Crippen LogP contribution in [0.1, 0.15) is 52.1 Å². The molecule has 6 heteroatoms. The van der Waals surface area contributed by atoms with Crippen LogP contribution in [-0.4, -0.2) is 45.5 Å². The molecule has 0 saturated carbocycles. The highest BCUT2D eigenvalue weighted by Crippen LogP contribution is 2.32. The Hall–Kier alpha value is -2.47. The van der Waals surface area contributed by atoms with Crippen molar-refractivity contribution in [3.63, 3.8) is 0 Å². The molecule has 5 nitrogen and oxygen atoms in total. The van der Waals surface area contributed by atoms with Crippen molar-refractivity contribution in [2.24, 2.45) is 0 Å². The van der Waals surface area contributed by atoms with E-state index < -0.39 is 6.10 Å². The maximum atomic E-state index is 14.2. The molecule has 1 aromatic heterocycles. The van der Waals surface area contributed by atoms with E-state index in [0.29, 0.717) is 43.6 Å². The van der Waals surface area contributed by atoms with Crippen molar-refractivity contribution in [2.75, 3.05) is 13.1 Å². The Morgan fingerprint density at radius 3 is 2.79 bits per heavy atom. The van der Waals surface area contributed by atoms with E-state index in [-0.39, 0.29) is 23.9 Å². The number of carbonyl (C=O) groups excluding carboxylic acids is 2. The number of Topliss-reactive ketones (excluding diaryl/α,β-unsaturated/α-hetero) is 1. The van der Waals surface area contributed by atoms with E-state index in [0.717, 1.165) is 29.8 Å². The van der Waals surface area contributed by atoms with E-state index in [9.17, 15) is 19.1 Å². The highest BCUT2D eigenvalue weighted by Gasteiger charge is 2.31. The predicted molar refractivity (Wildman–Crippen MR) is 103 cm³/mol. The number of nitrogens with zero attached hydrogens (tertiary/aromatic N) is 2. The number of hydrogen-bond acceptors (Lipinski definition) is 3. The van der Waals surface area contributed by atoms with E-state index in [1.807, 2.05) is 11.5 Å². The molecule has 2 aliphatic rings. The monoisotopic (exact) mass is 384 g/mol. The second-order valence-corrected chi connectivity index (χ2v) is 7.80. The quantitative estimate of drug-likeness (QED) is 0.882. The number of rotatable bonds is 4. The van der Waals surface area contributed by atoms with Crippen molar-refractivity contribution in [1.29, 1.82) is 0 Å². The summed E-state index contributed by atoms with van der Waals surface area (Å²) in [4.78, 5) is 27.1. The number of hydrogen-bond donors (Lipinski definition) is 1. The number of β-amino-alcohol motifs (C(OH)–C–C–N with tert-alkyl or cyclic N) is 1. The number of halogens is 1. The molecule has 1 saturated heterocycles. The summed E-state index contributed by atoms with van der Waals surface area (Å²) in [6.45, 7) is 3.16. The molecule has 1 fully saturated rings. The number of aliphatic hydroxyl groups is 1. The number of aliphatic hydroxyl groups excluding tert-OH is 1. The van der Waals surface area contributed by atoms with Crippen molar-refractivity contribution < 1.29 is 19.1 Å². The largest absolute Gasteiger partial charge is 0.391 e. The standard InChI is InChI=1S/C22H25FN2O3/c1-14-17(11-21(28)24-10-9-16(26)13-24)22-19(7-4-8-20(22)27)25(14)12-15-5-2-3-6-18(15)23/h2-3,5-6,16,26H,4,7-13H2,1H3/t16-/m0/s1. The minimum atomic E-state index is -0.466. The molecule has 4 rings (SSSR count). The Bertz CT molecular complexity index is 934. The number of benzene rings is 1. The van der Waals surface area contributed by atoms with Gasteiger partial charge in [0.15, 0.2) is 5.78 Å². The van der Waals surface area contributed by atoms with Crippen LogP contribution >= 0.6 is 0 Å². The molecule has 2 heterocycles. The minimum Gasteiger partial charge on any atom is -0.391 e. The third-order valence-corrected chi connectivity index (χ3v) is 5.98. The second-order valence-electron chi connectivity index (χ2n) is 7.80. The zero-order valence-electron chi connectivity index (χ0n) is 16.1. The zero-order valence-corrected chi connectivity index (χ0v) is 16.1. The third kappa shape index (κ3) is 3.37. The molecular formula is C22H25FN2O3. The molecule has 2 aromatic rings. The lowest BCUT2D eigenvalue weighted by Crippen LogP contribution is -2.31. The fourth-order valence-electron chi connectivity index (χ4n) is 4.44. The second kappa shape index (κ2) is 7.51. The summed E-state index contributed by atoms with van der Waals surface area (Å²) in [7, 11) is 0. The Labute approximate surface area is 163 Å². The van der Waals surface area contributed by atoms with Gasteiger partial charge >= 0.3 is 0 Å². The van der Waals surface area contributed by atoms with Gasteiger partial charge in [0.25, 0.3) is 0 Å². The molecule has 0 unspecified atom stereocenters. The van der Waals surface area contributed by atoms with Crippen molar-refractivity contribution in [2.45, 2.75) is 51.7 Å². The number of aromatic nitrogens is 1. The summed E-state index contributed by atoms with van der Waals surface area (Å²) in [5.74, 6) is -0.264. The lowest BCUT2D eigenvalue weighted by molar-refractivity contribution is -0.129. The lowest BCUT2D eigenvalue weighted by atomic mass is 9.92. The molecule has 0 spiro atoms. The summed E-state index contributed by atoms with van der Waals surface area (Å²) in [6.07, 6.45) is 2.30. The lowest BCUT2D eigenvalue weighted by Gasteiger charge is -2.17. The Kier molecular flexibility index (Phi) is 5.06. The fraction of sp³-hybridized carbons (Fsp3) is 0.455. The summed E-state index contributed by atoms with van der Waals surface area (Å²) in [6, 6.07) is 6.66. The molecular weight excluding hydrogens is 359 g/mol. The van der Waals surface area contributed by atoms with Gasteiger partial charge in [-0.3, -0.25) is 9.59 Å². The first kappa shape index (κ1) is 18.9. The van der Waals surface area contributed by atoms with Crippen LogP contribution in [0.5, 0.6) is 0 Å². The van der Waals surface area contributed by atoms with Gasteiger partial charge in [-0.15, -0.1) is 0 Å². The van der Waals surface area contributed by atoms with Gasteiger partial charge in [-0.05, 0) is 37.8 Å². The zero-order chi connectivity index (χ0) is 19.8. The van der Waals surface area contributed by atoms with E-state index in [1.54, 1.807) is 23.1 Å². The third-order valence-electron chi connectivity index (χ3n) is 5.98. The number of amides is 1. The van der Waals surface area contributed by atoms with Gasteiger partial charge in [0, 0.05) is 42.0 Å². The van der Waals surface area contributed by atoms with Gasteiger partial charge < -0.3 is 14.6 Å². The van der Waals surface area contributed by atoms with Crippen LogP contribution in [0.3, 0.4) is 0 Å². The predicted octanol–water partition coefficient (Wildman–Crippen LogP) is 2.64. The Morgan fingerprint density at radius 1 is 1.29 bits per heavy atom. The molecule has 1 aliphatic carbocycles. The Morgan fingerprint density at radius 2 is 2.07 bits per heavy atom. The molecule has 0 radical (unpaired) electrons. The van der Waals surface area contributed by atoms with Gasteiger partial charge in [-0.2, -0.15) is 0 Å². The van der Waals surface area contributed by atoms with E-state index >= 15 is 0 Å². The van der Waals surface area contributed by atoms with E-state index in [1.165, 1.54) is 6.07 Å². The average molecular weight is 384 g/mol. The van der Waals surface area contributed by atoms with Gasteiger partial charge in [-0.25, -0.2) is 4.39 Å². The first-order valence-corrected chi connectivity index (χ1v) is 9.89. The van der Waals surface area contributed by atoms with Gasteiger partial charge in [0.2, 0.25) is 5.91 Å². The molecule has 1 aliphatic heterocycles. The first-order chi connectivity index (χ1) is 13.5. The first-order valence-electron chi connectivity index (χ1n) is 9.89. The fourth-order valence-corrected chi connectivity index (χ4v) is 4.44. The van der Waals surface area contributed by atoms with Crippen LogP contribution in [-0.2, 0) is 24.2 Å². The molecule has 1 N–H and O–H groups in total.